The van der Waals surface area contributed by atoms with Crippen LogP contribution in [0.4, 0.5) is 10.1 Å². The third kappa shape index (κ3) is 6.58. The Morgan fingerprint density at radius 1 is 0.971 bits per heavy atom. The van der Waals surface area contributed by atoms with Gasteiger partial charge in [-0.3, -0.25) is 9.10 Å². The van der Waals surface area contributed by atoms with Crippen LogP contribution in [0.15, 0.2) is 66.7 Å². The Bertz CT molecular complexity index is 1280. The van der Waals surface area contributed by atoms with E-state index < -0.39 is 16.0 Å². The Hall–Kier alpha value is -3.43. The maximum atomic E-state index is 14.4. The molecule has 1 amide bonds. The molecule has 0 unspecified atom stereocenters. The number of nitrogens with zero attached hydrogens (tertiary/aromatic N) is 2. The normalized spacial score (nSPS) is 11.4. The fraction of sp³-hybridized carbons (Fsp3) is 0.269. The van der Waals surface area contributed by atoms with E-state index in [0.29, 0.717) is 24.3 Å². The molecule has 0 bridgehead atoms. The Morgan fingerprint density at radius 3 is 2.29 bits per heavy atom. The summed E-state index contributed by atoms with van der Waals surface area (Å²) in [6, 6.07) is 18.1. The number of nitrogens with one attached hydrogen (secondary N) is 1. The number of rotatable bonds is 10. The number of carbonyl (C=O) groups is 1. The minimum Gasteiger partial charge on any atom is -0.492 e. The number of hydrogen-bond acceptors (Lipinski definition) is 4. The van der Waals surface area contributed by atoms with Gasteiger partial charge in [-0.2, -0.15) is 12.7 Å². The van der Waals surface area contributed by atoms with Gasteiger partial charge in [-0.25, -0.2) is 4.39 Å². The van der Waals surface area contributed by atoms with E-state index in [1.165, 1.54) is 37.9 Å². The van der Waals surface area contributed by atoms with E-state index in [-0.39, 0.29) is 18.1 Å². The molecule has 0 atom stereocenters. The number of halogens is 1. The van der Waals surface area contributed by atoms with Crippen molar-refractivity contribution in [3.63, 3.8) is 0 Å². The van der Waals surface area contributed by atoms with Crippen LogP contribution in [0.25, 0.3) is 0 Å². The molecule has 9 heteroatoms. The van der Waals surface area contributed by atoms with Crippen LogP contribution in [-0.4, -0.2) is 45.9 Å². The average Bonchev–Trinajstić information content (AvgIpc) is 2.83. The van der Waals surface area contributed by atoms with Crippen molar-refractivity contribution in [2.75, 3.05) is 31.6 Å². The molecule has 1 N–H and O–H groups in total. The summed E-state index contributed by atoms with van der Waals surface area (Å²) < 4.78 is 47.8. The minimum atomic E-state index is -3.95. The molecular weight excluding hydrogens is 469 g/mol. The average molecular weight is 500 g/mol. The van der Waals surface area contributed by atoms with Crippen molar-refractivity contribution in [3.8, 4) is 5.75 Å². The van der Waals surface area contributed by atoms with Gasteiger partial charge in [-0.15, -0.1) is 0 Å². The van der Waals surface area contributed by atoms with E-state index in [2.05, 4.69) is 5.32 Å². The number of para-hydroxylation sites is 1. The highest BCUT2D eigenvalue weighted by atomic mass is 32.2. The summed E-state index contributed by atoms with van der Waals surface area (Å²) in [5.41, 5.74) is 3.30. The molecule has 0 aliphatic heterocycles. The number of ether oxygens (including phenoxy) is 1. The molecule has 0 spiro atoms. The van der Waals surface area contributed by atoms with Gasteiger partial charge in [-0.05, 0) is 66.9 Å². The van der Waals surface area contributed by atoms with Crippen LogP contribution in [0.3, 0.4) is 0 Å². The lowest BCUT2D eigenvalue weighted by Gasteiger charge is -2.27. The zero-order chi connectivity index (χ0) is 25.6. The van der Waals surface area contributed by atoms with Crippen LogP contribution < -0.4 is 14.4 Å². The minimum absolute atomic E-state index is 0.0493. The topological polar surface area (TPSA) is 79.0 Å². The first kappa shape index (κ1) is 26.2. The van der Waals surface area contributed by atoms with Crippen molar-refractivity contribution in [1.82, 2.24) is 9.62 Å². The monoisotopic (exact) mass is 499 g/mol. The third-order valence-corrected chi connectivity index (χ3v) is 7.34. The lowest BCUT2D eigenvalue weighted by atomic mass is 10.1. The quantitative estimate of drug-likeness (QED) is 0.427. The molecule has 0 fully saturated rings. The number of hydrogen-bond donors (Lipinski definition) is 1. The first-order valence-electron chi connectivity index (χ1n) is 11.1. The summed E-state index contributed by atoms with van der Waals surface area (Å²) in [6.07, 6.45) is 0. The highest BCUT2D eigenvalue weighted by molar-refractivity contribution is 7.90. The molecule has 7 nitrogen and oxygen atoms in total. The van der Waals surface area contributed by atoms with Gasteiger partial charge in [-0.1, -0.05) is 30.3 Å². The molecule has 0 heterocycles. The van der Waals surface area contributed by atoms with E-state index in [0.717, 1.165) is 19.9 Å². The molecule has 3 rings (SSSR count). The molecule has 3 aromatic carbocycles. The van der Waals surface area contributed by atoms with Gasteiger partial charge in [0.05, 0.1) is 18.8 Å². The van der Waals surface area contributed by atoms with E-state index in [9.17, 15) is 17.6 Å². The first-order chi connectivity index (χ1) is 16.6. The molecule has 0 saturated carbocycles. The molecular formula is C26H30FN3O4S. The van der Waals surface area contributed by atoms with Crippen molar-refractivity contribution in [2.45, 2.75) is 20.4 Å². The van der Waals surface area contributed by atoms with Crippen molar-refractivity contribution in [1.29, 1.82) is 0 Å². The predicted octanol–water partition coefficient (Wildman–Crippen LogP) is 4.06. The molecule has 186 valence electrons. The number of amides is 1. The number of anilines is 1. The van der Waals surface area contributed by atoms with E-state index in [4.69, 9.17) is 4.74 Å². The summed E-state index contributed by atoms with van der Waals surface area (Å²) in [7, 11) is -1.17. The SMILES string of the molecule is Cc1ccc(OCCNC(=O)c2ccc(CN(c3ccccc3F)S(=O)(=O)N(C)C)cc2)cc1C. The Kier molecular flexibility index (Phi) is 8.48. The first-order valence-corrected chi connectivity index (χ1v) is 12.5. The van der Waals surface area contributed by atoms with E-state index in [1.807, 2.05) is 32.0 Å². The van der Waals surface area contributed by atoms with Crippen LogP contribution in [0.1, 0.15) is 27.0 Å². The molecule has 0 aliphatic rings. The van der Waals surface area contributed by atoms with Crippen LogP contribution >= 0.6 is 0 Å². The zero-order valence-corrected chi connectivity index (χ0v) is 21.1. The number of benzene rings is 3. The molecule has 0 aliphatic carbocycles. The van der Waals surface area contributed by atoms with Gasteiger partial charge in [0.2, 0.25) is 0 Å². The number of aryl methyl sites for hydroxylation is 2. The van der Waals surface area contributed by atoms with Crippen LogP contribution in [0, 0.1) is 19.7 Å². The van der Waals surface area contributed by atoms with Gasteiger partial charge in [0.15, 0.2) is 0 Å². The van der Waals surface area contributed by atoms with Crippen molar-refractivity contribution >= 4 is 21.8 Å². The van der Waals surface area contributed by atoms with Gasteiger partial charge >= 0.3 is 10.2 Å². The highest BCUT2D eigenvalue weighted by Crippen LogP contribution is 2.25. The number of carbonyl (C=O) groups excluding carboxylic acids is 1. The highest BCUT2D eigenvalue weighted by Gasteiger charge is 2.27. The van der Waals surface area contributed by atoms with Gasteiger partial charge in [0.1, 0.15) is 18.2 Å². The summed E-state index contributed by atoms with van der Waals surface area (Å²) in [5, 5.41) is 2.80. The molecule has 0 radical (unpaired) electrons. The largest absolute Gasteiger partial charge is 0.492 e. The summed E-state index contributed by atoms with van der Waals surface area (Å²) in [5.74, 6) is -0.164. The van der Waals surface area contributed by atoms with Gasteiger partial charge in [0.25, 0.3) is 5.91 Å². The van der Waals surface area contributed by atoms with Gasteiger partial charge < -0.3 is 10.1 Å². The lowest BCUT2D eigenvalue weighted by Crippen LogP contribution is -2.40. The molecule has 0 aromatic heterocycles. The van der Waals surface area contributed by atoms with E-state index in [1.54, 1.807) is 30.3 Å². The Morgan fingerprint density at radius 2 is 1.66 bits per heavy atom. The fourth-order valence-corrected chi connectivity index (χ4v) is 4.41. The van der Waals surface area contributed by atoms with Crippen molar-refractivity contribution < 1.29 is 22.3 Å². The van der Waals surface area contributed by atoms with E-state index >= 15 is 0 Å². The molecule has 0 saturated heterocycles. The van der Waals surface area contributed by atoms with Crippen molar-refractivity contribution in [2.24, 2.45) is 0 Å². The predicted molar refractivity (Wildman–Crippen MR) is 135 cm³/mol. The second-order valence-corrected chi connectivity index (χ2v) is 10.4. The zero-order valence-electron chi connectivity index (χ0n) is 20.3. The molecule has 3 aromatic rings. The Labute approximate surface area is 206 Å². The third-order valence-electron chi connectivity index (χ3n) is 5.54. The fourth-order valence-electron chi connectivity index (χ4n) is 3.31. The summed E-state index contributed by atoms with van der Waals surface area (Å²) in [4.78, 5) is 12.5. The summed E-state index contributed by atoms with van der Waals surface area (Å²) >= 11 is 0. The van der Waals surface area contributed by atoms with Crippen LogP contribution in [-0.2, 0) is 16.8 Å². The smallest absolute Gasteiger partial charge is 0.303 e. The van der Waals surface area contributed by atoms with Crippen molar-refractivity contribution in [3.05, 3.63) is 94.8 Å². The standard InChI is InChI=1S/C26H30FN3O4S/c1-19-9-14-23(17-20(19)2)34-16-15-28-26(31)22-12-10-21(11-13-22)18-30(35(32,33)29(3)4)25-8-6-5-7-24(25)27/h5-14,17H,15-16,18H2,1-4H3,(H,28,31). The summed E-state index contributed by atoms with van der Waals surface area (Å²) in [6.45, 7) is 4.61. The maximum absolute atomic E-state index is 14.4. The van der Waals surface area contributed by atoms with Gasteiger partial charge in [0, 0.05) is 19.7 Å². The maximum Gasteiger partial charge on any atom is 0.303 e. The lowest BCUT2D eigenvalue weighted by molar-refractivity contribution is 0.0947. The van der Waals surface area contributed by atoms with Crippen LogP contribution in [0.2, 0.25) is 0 Å². The Balaban J connectivity index is 1.62. The van der Waals surface area contributed by atoms with Crippen LogP contribution in [0.5, 0.6) is 5.75 Å². The second kappa shape index (κ2) is 11.3. The second-order valence-electron chi connectivity index (χ2n) is 8.30. The molecule has 35 heavy (non-hydrogen) atoms.